The van der Waals surface area contributed by atoms with Crippen LogP contribution in [0.4, 0.5) is 0 Å². The van der Waals surface area contributed by atoms with Crippen molar-refractivity contribution in [1.82, 2.24) is 0 Å². The van der Waals surface area contributed by atoms with Gasteiger partial charge in [-0.2, -0.15) is 0 Å². The fourth-order valence-corrected chi connectivity index (χ4v) is 0.363. The first-order chi connectivity index (χ1) is 4.66. The van der Waals surface area contributed by atoms with Gasteiger partial charge in [-0.25, -0.2) is 4.79 Å². The van der Waals surface area contributed by atoms with Gasteiger partial charge in [0, 0.05) is 6.92 Å². The average Bonchev–Trinajstić information content (AvgIpc) is 1.85. The molecule has 106 valence electrons. The molecule has 0 saturated carbocycles. The summed E-state index contributed by atoms with van der Waals surface area (Å²) in [6, 6.07) is 0. The molecule has 0 aliphatic heterocycles. The van der Waals surface area contributed by atoms with Crippen LogP contribution in [0.25, 0.3) is 0 Å². The van der Waals surface area contributed by atoms with Gasteiger partial charge in [0.25, 0.3) is 0 Å². The molecule has 0 N–H and O–H groups in total. The Labute approximate surface area is 103 Å². The maximum Gasteiger partial charge on any atom is 0.344 e. The molecule has 0 spiro atoms. The Morgan fingerprint density at radius 3 is 1.50 bits per heavy atom. The van der Waals surface area contributed by atoms with Gasteiger partial charge in [0.05, 0.1) is 6.61 Å². The molecule has 0 radical (unpaired) electrons. The van der Waals surface area contributed by atoms with Gasteiger partial charge in [-0.15, -0.1) is 0 Å². The molecule has 0 aromatic rings. The molecule has 0 saturated heterocycles. The van der Waals surface area contributed by atoms with Crippen LogP contribution in [-0.2, 0) is 19.1 Å². The van der Waals surface area contributed by atoms with E-state index in [1.807, 2.05) is 0 Å². The molecule has 0 heterocycles. The number of rotatable bonds is 3. The van der Waals surface area contributed by atoms with Gasteiger partial charge in [-0.1, -0.05) is 44.6 Å². The summed E-state index contributed by atoms with van der Waals surface area (Å²) in [5, 5.41) is 0. The van der Waals surface area contributed by atoms with Crippen molar-refractivity contribution in [2.75, 3.05) is 13.2 Å². The third kappa shape index (κ3) is 38.3. The van der Waals surface area contributed by atoms with Crippen molar-refractivity contribution >= 4 is 11.9 Å². The Morgan fingerprint density at radius 2 is 1.25 bits per heavy atom. The van der Waals surface area contributed by atoms with Crippen molar-refractivity contribution in [3.8, 4) is 0 Å². The molecule has 16 heavy (non-hydrogen) atoms. The molecule has 0 rings (SSSR count). The lowest BCUT2D eigenvalue weighted by Gasteiger charge is -2.00. The third-order valence-electron chi connectivity index (χ3n) is 0.699. The molecular formula is C12H34O4. The van der Waals surface area contributed by atoms with Crippen LogP contribution in [0.3, 0.4) is 0 Å². The molecule has 0 aliphatic rings. The summed E-state index contributed by atoms with van der Waals surface area (Å²) in [6.07, 6.45) is 0. The number of esters is 2. The predicted molar refractivity (Wildman–Crippen MR) is 73.7 cm³/mol. The Kier molecular flexibility index (Phi) is 84.1. The molecule has 0 fully saturated rings. The molecule has 0 unspecified atom stereocenters. The number of carbonyl (C=O) groups excluding carboxylic acids is 2. The van der Waals surface area contributed by atoms with E-state index in [1.54, 1.807) is 6.92 Å². The second-order valence-electron chi connectivity index (χ2n) is 1.59. The van der Waals surface area contributed by atoms with E-state index in [4.69, 9.17) is 0 Å². The van der Waals surface area contributed by atoms with E-state index in [2.05, 4.69) is 9.47 Å². The van der Waals surface area contributed by atoms with E-state index in [0.717, 1.165) is 0 Å². The van der Waals surface area contributed by atoms with Crippen molar-refractivity contribution in [2.24, 2.45) is 0 Å². The first-order valence-electron chi connectivity index (χ1n) is 2.95. The van der Waals surface area contributed by atoms with Gasteiger partial charge >= 0.3 is 11.9 Å². The van der Waals surface area contributed by atoms with Crippen LogP contribution in [0.15, 0.2) is 0 Å². The Bertz CT molecular complexity index is 133. The molecule has 4 nitrogen and oxygen atoms in total. The van der Waals surface area contributed by atoms with E-state index in [9.17, 15) is 9.59 Å². The minimum Gasteiger partial charge on any atom is -0.463 e. The summed E-state index contributed by atoms with van der Waals surface area (Å²) >= 11 is 0. The summed E-state index contributed by atoms with van der Waals surface area (Å²) < 4.78 is 8.82. The SMILES string of the molecule is C.C.C.C.C.C.CCOC(=O)COC(C)=O. The molecule has 0 aromatic heterocycles. The molecule has 0 atom stereocenters. The first-order valence-corrected chi connectivity index (χ1v) is 2.95. The summed E-state index contributed by atoms with van der Waals surface area (Å²) in [5.74, 6) is -0.995. The van der Waals surface area contributed by atoms with Crippen LogP contribution in [0.5, 0.6) is 0 Å². The first kappa shape index (κ1) is 46.1. The quantitative estimate of drug-likeness (QED) is 0.704. The van der Waals surface area contributed by atoms with Crippen molar-refractivity contribution in [2.45, 2.75) is 58.4 Å². The number of carbonyl (C=O) groups is 2. The van der Waals surface area contributed by atoms with E-state index in [-0.39, 0.29) is 51.2 Å². The van der Waals surface area contributed by atoms with Gasteiger partial charge in [-0.3, -0.25) is 4.79 Å². The largest absolute Gasteiger partial charge is 0.463 e. The number of hydrogen-bond acceptors (Lipinski definition) is 4. The van der Waals surface area contributed by atoms with E-state index in [0.29, 0.717) is 6.61 Å². The summed E-state index contributed by atoms with van der Waals surface area (Å²) in [5.41, 5.74) is 0. The Hall–Kier alpha value is -1.06. The predicted octanol–water partition coefficient (Wildman–Crippen LogP) is 3.93. The fourth-order valence-electron chi connectivity index (χ4n) is 0.363. The van der Waals surface area contributed by atoms with E-state index < -0.39 is 11.9 Å². The molecule has 0 bridgehead atoms. The number of hydrogen-bond donors (Lipinski definition) is 0. The van der Waals surface area contributed by atoms with Crippen LogP contribution >= 0.6 is 0 Å². The van der Waals surface area contributed by atoms with E-state index in [1.165, 1.54) is 6.92 Å². The minimum absolute atomic E-state index is 0. The highest BCUT2D eigenvalue weighted by molar-refractivity contribution is 5.75. The van der Waals surface area contributed by atoms with Gasteiger partial charge < -0.3 is 9.47 Å². The summed E-state index contributed by atoms with van der Waals surface area (Å²) in [7, 11) is 0. The van der Waals surface area contributed by atoms with Crippen LogP contribution in [-0.4, -0.2) is 25.2 Å². The molecule has 0 aromatic carbocycles. The van der Waals surface area contributed by atoms with Gasteiger partial charge in [-0.05, 0) is 6.92 Å². The lowest BCUT2D eigenvalue weighted by atomic mass is 10.7. The van der Waals surface area contributed by atoms with Crippen LogP contribution in [0.2, 0.25) is 0 Å². The van der Waals surface area contributed by atoms with Crippen LogP contribution in [0, 0.1) is 0 Å². The smallest absolute Gasteiger partial charge is 0.344 e. The normalized spacial score (nSPS) is 5.38. The molecular weight excluding hydrogens is 208 g/mol. The molecule has 4 heteroatoms. The summed E-state index contributed by atoms with van der Waals surface area (Å²) in [6.45, 7) is 2.94. The van der Waals surface area contributed by atoms with Gasteiger partial charge in [0.15, 0.2) is 6.61 Å². The minimum atomic E-state index is -0.516. The third-order valence-corrected chi connectivity index (χ3v) is 0.699. The van der Waals surface area contributed by atoms with Crippen molar-refractivity contribution in [1.29, 1.82) is 0 Å². The number of ether oxygens (including phenoxy) is 2. The maximum absolute atomic E-state index is 10.4. The summed E-state index contributed by atoms with van der Waals surface area (Å²) in [4.78, 5) is 20.6. The Morgan fingerprint density at radius 1 is 0.875 bits per heavy atom. The standard InChI is InChI=1S/C6H10O4.6CH4/c1-3-9-6(8)4-10-5(2)7;;;;;;/h3-4H2,1-2H3;6*1H4. The van der Waals surface area contributed by atoms with Crippen molar-refractivity contribution < 1.29 is 19.1 Å². The zero-order chi connectivity index (χ0) is 7.98. The van der Waals surface area contributed by atoms with Gasteiger partial charge in [0.1, 0.15) is 0 Å². The van der Waals surface area contributed by atoms with E-state index >= 15 is 0 Å². The Balaban J connectivity index is -0.0000000270. The highest BCUT2D eigenvalue weighted by Crippen LogP contribution is 1.81. The highest BCUT2D eigenvalue weighted by atomic mass is 16.6. The van der Waals surface area contributed by atoms with Crippen molar-refractivity contribution in [3.63, 3.8) is 0 Å². The lowest BCUT2D eigenvalue weighted by Crippen LogP contribution is -2.14. The maximum atomic E-state index is 10.4. The zero-order valence-electron chi connectivity index (χ0n) is 6.05. The second kappa shape index (κ2) is 29.2. The average molecular weight is 242 g/mol. The van der Waals surface area contributed by atoms with Crippen molar-refractivity contribution in [3.05, 3.63) is 0 Å². The zero-order valence-corrected chi connectivity index (χ0v) is 6.05. The topological polar surface area (TPSA) is 52.6 Å². The highest BCUT2D eigenvalue weighted by Gasteiger charge is 2.02. The van der Waals surface area contributed by atoms with Gasteiger partial charge in [0.2, 0.25) is 0 Å². The monoisotopic (exact) mass is 242 g/mol. The van der Waals surface area contributed by atoms with Crippen LogP contribution < -0.4 is 0 Å². The molecule has 0 aliphatic carbocycles. The lowest BCUT2D eigenvalue weighted by molar-refractivity contribution is -0.157. The fraction of sp³-hybridized carbons (Fsp3) is 0.833. The second-order valence-corrected chi connectivity index (χ2v) is 1.59. The van der Waals surface area contributed by atoms with Crippen LogP contribution in [0.1, 0.15) is 58.4 Å². The molecule has 0 amide bonds.